The smallest absolute Gasteiger partial charge is 0.303 e. The van der Waals surface area contributed by atoms with Crippen LogP contribution in [0.2, 0.25) is 0 Å². The summed E-state index contributed by atoms with van der Waals surface area (Å²) in [5, 5.41) is 11.4. The maximum Gasteiger partial charge on any atom is 0.303 e. The first-order chi connectivity index (χ1) is 9.94. The highest BCUT2D eigenvalue weighted by atomic mass is 19.1. The Morgan fingerprint density at radius 3 is 2.76 bits per heavy atom. The van der Waals surface area contributed by atoms with Crippen molar-refractivity contribution in [3.05, 3.63) is 35.1 Å². The molecule has 1 fully saturated rings. The van der Waals surface area contributed by atoms with E-state index in [2.05, 4.69) is 5.32 Å². The highest BCUT2D eigenvalue weighted by Crippen LogP contribution is 2.18. The Labute approximate surface area is 122 Å². The Morgan fingerprint density at radius 1 is 1.43 bits per heavy atom. The first-order valence-corrected chi connectivity index (χ1v) is 6.90. The predicted octanol–water partition coefficient (Wildman–Crippen LogP) is 1.16. The second kappa shape index (κ2) is 6.67. The van der Waals surface area contributed by atoms with Crippen molar-refractivity contribution in [2.24, 2.45) is 5.92 Å². The molecule has 5 nitrogen and oxygen atoms in total. The summed E-state index contributed by atoms with van der Waals surface area (Å²) in [4.78, 5) is 24.2. The number of carboxylic acid groups (broad SMARTS) is 1. The van der Waals surface area contributed by atoms with E-state index in [1.165, 1.54) is 6.07 Å². The maximum absolute atomic E-state index is 13.1. The molecule has 2 N–H and O–H groups in total. The number of benzene rings is 1. The predicted molar refractivity (Wildman–Crippen MR) is 75.2 cm³/mol. The summed E-state index contributed by atoms with van der Waals surface area (Å²) in [5.74, 6) is -1.01. The van der Waals surface area contributed by atoms with Crippen LogP contribution in [0, 0.1) is 18.7 Å². The number of rotatable bonds is 6. The molecule has 0 atom stereocenters. The van der Waals surface area contributed by atoms with Crippen molar-refractivity contribution >= 4 is 11.9 Å². The van der Waals surface area contributed by atoms with Gasteiger partial charge in [-0.3, -0.25) is 14.5 Å². The number of aliphatic carboxylic acids is 1. The van der Waals surface area contributed by atoms with Gasteiger partial charge in [0.1, 0.15) is 5.82 Å². The molecule has 114 valence electrons. The first kappa shape index (κ1) is 15.4. The van der Waals surface area contributed by atoms with E-state index < -0.39 is 5.97 Å². The molecule has 0 aromatic heterocycles. The molecule has 1 aromatic carbocycles. The van der Waals surface area contributed by atoms with Gasteiger partial charge in [-0.1, -0.05) is 12.1 Å². The van der Waals surface area contributed by atoms with Crippen molar-refractivity contribution in [3.8, 4) is 0 Å². The van der Waals surface area contributed by atoms with E-state index in [0.29, 0.717) is 25.2 Å². The third-order valence-electron chi connectivity index (χ3n) is 3.58. The summed E-state index contributed by atoms with van der Waals surface area (Å²) < 4.78 is 13.1. The molecular weight excluding hydrogens is 275 g/mol. The lowest BCUT2D eigenvalue weighted by Crippen LogP contribution is -2.51. The van der Waals surface area contributed by atoms with Gasteiger partial charge in [0.05, 0.1) is 13.0 Å². The van der Waals surface area contributed by atoms with Crippen molar-refractivity contribution in [1.29, 1.82) is 0 Å². The van der Waals surface area contributed by atoms with Gasteiger partial charge in [0.15, 0.2) is 0 Å². The molecule has 1 aliphatic rings. The fourth-order valence-electron chi connectivity index (χ4n) is 2.46. The fraction of sp³-hybridized carbons (Fsp3) is 0.467. The van der Waals surface area contributed by atoms with E-state index >= 15 is 0 Å². The number of hydrogen-bond donors (Lipinski definition) is 2. The SMILES string of the molecule is Cc1cc(CNC(=O)CN2CC(CC(=O)O)C2)ccc1F. The number of carbonyl (C=O) groups excluding carboxylic acids is 1. The summed E-state index contributed by atoms with van der Waals surface area (Å²) in [6.07, 6.45) is 0.160. The third-order valence-corrected chi connectivity index (χ3v) is 3.58. The molecule has 1 saturated heterocycles. The number of nitrogens with zero attached hydrogens (tertiary/aromatic N) is 1. The van der Waals surface area contributed by atoms with Crippen LogP contribution in [0.4, 0.5) is 4.39 Å². The van der Waals surface area contributed by atoms with Crippen molar-refractivity contribution < 1.29 is 19.1 Å². The maximum atomic E-state index is 13.1. The van der Waals surface area contributed by atoms with Crippen LogP contribution in [-0.2, 0) is 16.1 Å². The number of likely N-dealkylation sites (tertiary alicyclic amines) is 1. The second-order valence-electron chi connectivity index (χ2n) is 5.52. The zero-order chi connectivity index (χ0) is 15.4. The lowest BCUT2D eigenvalue weighted by atomic mass is 9.96. The molecule has 6 heteroatoms. The van der Waals surface area contributed by atoms with Crippen LogP contribution < -0.4 is 5.32 Å². The molecule has 0 radical (unpaired) electrons. The lowest BCUT2D eigenvalue weighted by molar-refractivity contribution is -0.139. The Hall–Kier alpha value is -1.95. The van der Waals surface area contributed by atoms with Crippen LogP contribution in [0.25, 0.3) is 0 Å². The van der Waals surface area contributed by atoms with Crippen molar-refractivity contribution in [1.82, 2.24) is 10.2 Å². The molecule has 0 aliphatic carbocycles. The van der Waals surface area contributed by atoms with E-state index in [0.717, 1.165) is 5.56 Å². The molecule has 1 aromatic rings. The van der Waals surface area contributed by atoms with Gasteiger partial charge >= 0.3 is 5.97 Å². The van der Waals surface area contributed by atoms with Gasteiger partial charge in [0.2, 0.25) is 5.91 Å². The Balaban J connectivity index is 1.69. The van der Waals surface area contributed by atoms with Gasteiger partial charge < -0.3 is 10.4 Å². The highest BCUT2D eigenvalue weighted by molar-refractivity contribution is 5.78. The van der Waals surface area contributed by atoms with Crippen LogP contribution in [0.3, 0.4) is 0 Å². The number of nitrogens with one attached hydrogen (secondary N) is 1. The van der Waals surface area contributed by atoms with Gasteiger partial charge in [0.25, 0.3) is 0 Å². The zero-order valence-electron chi connectivity index (χ0n) is 11.9. The van der Waals surface area contributed by atoms with Crippen LogP contribution in [-0.4, -0.2) is 41.5 Å². The van der Waals surface area contributed by atoms with Gasteiger partial charge in [-0.15, -0.1) is 0 Å². The van der Waals surface area contributed by atoms with E-state index in [9.17, 15) is 14.0 Å². The highest BCUT2D eigenvalue weighted by Gasteiger charge is 2.29. The largest absolute Gasteiger partial charge is 0.481 e. The minimum absolute atomic E-state index is 0.106. The van der Waals surface area contributed by atoms with E-state index in [1.54, 1.807) is 19.1 Å². The number of aryl methyl sites for hydroxylation is 1. The molecule has 1 aliphatic heterocycles. The van der Waals surface area contributed by atoms with E-state index in [1.807, 2.05) is 4.90 Å². The normalized spacial score (nSPS) is 15.5. The summed E-state index contributed by atoms with van der Waals surface area (Å²) in [5.41, 5.74) is 1.41. The van der Waals surface area contributed by atoms with Gasteiger partial charge in [-0.2, -0.15) is 0 Å². The monoisotopic (exact) mass is 294 g/mol. The summed E-state index contributed by atoms with van der Waals surface area (Å²) >= 11 is 0. The third kappa shape index (κ3) is 4.53. The molecule has 1 heterocycles. The number of amides is 1. The van der Waals surface area contributed by atoms with Crippen molar-refractivity contribution in [3.63, 3.8) is 0 Å². The number of carboxylic acids is 1. The Bertz CT molecular complexity index is 542. The van der Waals surface area contributed by atoms with Gasteiger partial charge in [-0.25, -0.2) is 4.39 Å². The quantitative estimate of drug-likeness (QED) is 0.826. The Kier molecular flexibility index (Phi) is 4.90. The topological polar surface area (TPSA) is 69.6 Å². The summed E-state index contributed by atoms with van der Waals surface area (Å²) in [7, 11) is 0. The molecule has 0 saturated carbocycles. The van der Waals surface area contributed by atoms with Gasteiger partial charge in [0, 0.05) is 19.6 Å². The van der Waals surface area contributed by atoms with Crippen LogP contribution in [0.5, 0.6) is 0 Å². The van der Waals surface area contributed by atoms with Gasteiger partial charge in [-0.05, 0) is 30.0 Å². The van der Waals surface area contributed by atoms with Crippen LogP contribution >= 0.6 is 0 Å². The van der Waals surface area contributed by atoms with Crippen LogP contribution in [0.1, 0.15) is 17.5 Å². The number of carbonyl (C=O) groups is 2. The van der Waals surface area contributed by atoms with E-state index in [4.69, 9.17) is 5.11 Å². The minimum atomic E-state index is -0.796. The fourth-order valence-corrected chi connectivity index (χ4v) is 2.46. The molecule has 0 unspecified atom stereocenters. The molecule has 0 spiro atoms. The number of hydrogen-bond acceptors (Lipinski definition) is 3. The molecule has 21 heavy (non-hydrogen) atoms. The second-order valence-corrected chi connectivity index (χ2v) is 5.52. The van der Waals surface area contributed by atoms with Crippen LogP contribution in [0.15, 0.2) is 18.2 Å². The summed E-state index contributed by atoms with van der Waals surface area (Å²) in [6.45, 7) is 3.62. The Morgan fingerprint density at radius 2 is 2.14 bits per heavy atom. The lowest BCUT2D eigenvalue weighted by Gasteiger charge is -2.37. The average molecular weight is 294 g/mol. The van der Waals surface area contributed by atoms with E-state index in [-0.39, 0.29) is 30.6 Å². The zero-order valence-corrected chi connectivity index (χ0v) is 11.9. The van der Waals surface area contributed by atoms with Crippen molar-refractivity contribution in [2.45, 2.75) is 19.9 Å². The summed E-state index contributed by atoms with van der Waals surface area (Å²) in [6, 6.07) is 4.75. The molecule has 1 amide bonds. The van der Waals surface area contributed by atoms with Crippen molar-refractivity contribution in [2.75, 3.05) is 19.6 Å². The molecule has 2 rings (SSSR count). The molecular formula is C15H19FN2O3. The first-order valence-electron chi connectivity index (χ1n) is 6.90. The standard InChI is InChI=1S/C15H19FN2O3/c1-10-4-11(2-3-13(10)16)6-17-14(19)9-18-7-12(8-18)5-15(20)21/h2-4,12H,5-9H2,1H3,(H,17,19)(H,20,21). The number of halogens is 1. The minimum Gasteiger partial charge on any atom is -0.481 e. The average Bonchev–Trinajstić information content (AvgIpc) is 2.37. The molecule has 0 bridgehead atoms.